The zero-order chi connectivity index (χ0) is 15.1. The molecule has 2 heterocycles. The molecular formula is C16H29N5. The normalized spacial score (nSPS) is 17.5. The van der Waals surface area contributed by atoms with E-state index < -0.39 is 0 Å². The van der Waals surface area contributed by atoms with Gasteiger partial charge in [0.15, 0.2) is 0 Å². The number of anilines is 2. The summed E-state index contributed by atoms with van der Waals surface area (Å²) in [5, 5.41) is 6.81. The first-order valence-corrected chi connectivity index (χ1v) is 8.32. The van der Waals surface area contributed by atoms with Gasteiger partial charge in [-0.25, -0.2) is 9.97 Å². The highest BCUT2D eigenvalue weighted by Crippen LogP contribution is 2.14. The molecule has 0 saturated carbocycles. The number of likely N-dealkylation sites (tertiary alicyclic amines) is 1. The van der Waals surface area contributed by atoms with Gasteiger partial charge in [-0.3, -0.25) is 0 Å². The van der Waals surface area contributed by atoms with E-state index in [0.29, 0.717) is 6.04 Å². The molecule has 0 bridgehead atoms. The van der Waals surface area contributed by atoms with Crippen LogP contribution >= 0.6 is 0 Å². The van der Waals surface area contributed by atoms with Crippen LogP contribution in [0.15, 0.2) is 6.07 Å². The van der Waals surface area contributed by atoms with E-state index in [9.17, 15) is 0 Å². The molecule has 5 heteroatoms. The van der Waals surface area contributed by atoms with Gasteiger partial charge in [0, 0.05) is 31.6 Å². The van der Waals surface area contributed by atoms with Gasteiger partial charge in [-0.15, -0.1) is 0 Å². The third-order valence-electron chi connectivity index (χ3n) is 3.82. The van der Waals surface area contributed by atoms with E-state index in [2.05, 4.69) is 46.3 Å². The molecule has 21 heavy (non-hydrogen) atoms. The Labute approximate surface area is 128 Å². The van der Waals surface area contributed by atoms with Crippen LogP contribution in [0.1, 0.15) is 45.9 Å². The zero-order valence-corrected chi connectivity index (χ0v) is 13.7. The van der Waals surface area contributed by atoms with Gasteiger partial charge in [0.25, 0.3) is 0 Å². The molecular weight excluding hydrogens is 262 g/mol. The molecule has 1 aromatic rings. The van der Waals surface area contributed by atoms with Crippen LogP contribution in [-0.2, 0) is 6.42 Å². The minimum Gasteiger partial charge on any atom is -0.370 e. The Morgan fingerprint density at radius 3 is 2.52 bits per heavy atom. The van der Waals surface area contributed by atoms with Crippen LogP contribution in [0.3, 0.4) is 0 Å². The molecule has 1 atom stereocenters. The predicted molar refractivity (Wildman–Crippen MR) is 88.9 cm³/mol. The number of aromatic nitrogens is 2. The van der Waals surface area contributed by atoms with Crippen molar-refractivity contribution in [1.82, 2.24) is 14.9 Å². The Bertz CT molecular complexity index is 429. The summed E-state index contributed by atoms with van der Waals surface area (Å²) in [6.45, 7) is 10.8. The third kappa shape index (κ3) is 5.16. The Morgan fingerprint density at radius 2 is 1.86 bits per heavy atom. The van der Waals surface area contributed by atoms with E-state index in [4.69, 9.17) is 0 Å². The fraction of sp³-hybridized carbons (Fsp3) is 0.750. The summed E-state index contributed by atoms with van der Waals surface area (Å²) in [5.74, 6) is 2.74. The van der Waals surface area contributed by atoms with Gasteiger partial charge < -0.3 is 15.5 Å². The van der Waals surface area contributed by atoms with E-state index in [-0.39, 0.29) is 0 Å². The molecule has 118 valence electrons. The molecule has 0 amide bonds. The summed E-state index contributed by atoms with van der Waals surface area (Å²) in [6.07, 6.45) is 4.92. The molecule has 1 fully saturated rings. The number of aryl methyl sites for hydroxylation is 1. The molecule has 1 aliphatic heterocycles. The highest BCUT2D eigenvalue weighted by Gasteiger charge is 2.14. The van der Waals surface area contributed by atoms with Crippen LogP contribution in [0.25, 0.3) is 0 Å². The first-order valence-electron chi connectivity index (χ1n) is 8.32. The van der Waals surface area contributed by atoms with Crippen LogP contribution < -0.4 is 10.6 Å². The summed E-state index contributed by atoms with van der Waals surface area (Å²) in [5.41, 5.74) is 0. The lowest BCUT2D eigenvalue weighted by Gasteiger charge is -2.29. The van der Waals surface area contributed by atoms with Crippen molar-refractivity contribution in [3.63, 3.8) is 0 Å². The molecule has 1 aromatic heterocycles. The minimum atomic E-state index is 0.400. The Balaban J connectivity index is 1.95. The molecule has 0 aromatic carbocycles. The summed E-state index contributed by atoms with van der Waals surface area (Å²) >= 11 is 0. The van der Waals surface area contributed by atoms with Crippen molar-refractivity contribution < 1.29 is 0 Å². The van der Waals surface area contributed by atoms with Gasteiger partial charge >= 0.3 is 0 Å². The van der Waals surface area contributed by atoms with Crippen LogP contribution in [0, 0.1) is 0 Å². The lowest BCUT2D eigenvalue weighted by atomic mass is 10.1. The largest absolute Gasteiger partial charge is 0.370 e. The average molecular weight is 291 g/mol. The molecule has 2 rings (SSSR count). The van der Waals surface area contributed by atoms with Crippen LogP contribution in [0.5, 0.6) is 0 Å². The SMILES string of the molecule is CCNc1cc(NC(C)CN2CCCCC2)nc(CC)n1. The summed E-state index contributed by atoms with van der Waals surface area (Å²) < 4.78 is 0. The lowest BCUT2D eigenvalue weighted by molar-refractivity contribution is 0.223. The number of rotatable bonds is 7. The Morgan fingerprint density at radius 1 is 1.14 bits per heavy atom. The number of hydrogen-bond donors (Lipinski definition) is 2. The number of hydrogen-bond acceptors (Lipinski definition) is 5. The van der Waals surface area contributed by atoms with Crippen LogP contribution in [-0.4, -0.2) is 47.1 Å². The number of nitrogens with zero attached hydrogens (tertiary/aromatic N) is 3. The topological polar surface area (TPSA) is 53.1 Å². The monoisotopic (exact) mass is 291 g/mol. The fourth-order valence-electron chi connectivity index (χ4n) is 2.83. The predicted octanol–water partition coefficient (Wildman–Crippen LogP) is 2.76. The second-order valence-corrected chi connectivity index (χ2v) is 5.85. The van der Waals surface area contributed by atoms with Gasteiger partial charge in [0.2, 0.25) is 0 Å². The van der Waals surface area contributed by atoms with E-state index >= 15 is 0 Å². The maximum absolute atomic E-state index is 4.59. The minimum absolute atomic E-state index is 0.400. The summed E-state index contributed by atoms with van der Waals surface area (Å²) in [7, 11) is 0. The van der Waals surface area contributed by atoms with Crippen molar-refractivity contribution in [3.05, 3.63) is 11.9 Å². The van der Waals surface area contributed by atoms with E-state index in [1.165, 1.54) is 32.4 Å². The fourth-order valence-corrected chi connectivity index (χ4v) is 2.83. The van der Waals surface area contributed by atoms with Crippen molar-refractivity contribution in [1.29, 1.82) is 0 Å². The van der Waals surface area contributed by atoms with Gasteiger partial charge in [-0.05, 0) is 39.8 Å². The first-order chi connectivity index (χ1) is 10.2. The van der Waals surface area contributed by atoms with E-state index in [0.717, 1.165) is 37.0 Å². The maximum atomic E-state index is 4.59. The summed E-state index contributed by atoms with van der Waals surface area (Å²) in [4.78, 5) is 11.6. The Kier molecular flexibility index (Phi) is 6.23. The van der Waals surface area contributed by atoms with Crippen molar-refractivity contribution in [2.75, 3.05) is 36.8 Å². The third-order valence-corrected chi connectivity index (χ3v) is 3.82. The number of nitrogens with one attached hydrogen (secondary N) is 2. The molecule has 1 aliphatic rings. The highest BCUT2D eigenvalue weighted by molar-refractivity contribution is 5.48. The number of piperidine rings is 1. The second kappa shape index (κ2) is 8.17. The smallest absolute Gasteiger partial charge is 0.132 e. The first kappa shape index (κ1) is 16.0. The van der Waals surface area contributed by atoms with Crippen molar-refractivity contribution in [2.45, 2.75) is 52.5 Å². The van der Waals surface area contributed by atoms with Gasteiger partial charge in [0.05, 0.1) is 0 Å². The van der Waals surface area contributed by atoms with Gasteiger partial charge in [0.1, 0.15) is 17.5 Å². The van der Waals surface area contributed by atoms with Crippen molar-refractivity contribution >= 4 is 11.6 Å². The van der Waals surface area contributed by atoms with Crippen LogP contribution in [0.4, 0.5) is 11.6 Å². The molecule has 0 aliphatic carbocycles. The summed E-state index contributed by atoms with van der Waals surface area (Å²) in [6, 6.07) is 2.41. The Hall–Kier alpha value is -1.36. The zero-order valence-electron chi connectivity index (χ0n) is 13.7. The molecule has 2 N–H and O–H groups in total. The second-order valence-electron chi connectivity index (χ2n) is 5.85. The highest BCUT2D eigenvalue weighted by atomic mass is 15.2. The van der Waals surface area contributed by atoms with Gasteiger partial charge in [-0.1, -0.05) is 13.3 Å². The molecule has 1 saturated heterocycles. The van der Waals surface area contributed by atoms with Crippen molar-refractivity contribution in [2.24, 2.45) is 0 Å². The molecule has 0 spiro atoms. The van der Waals surface area contributed by atoms with E-state index in [1.54, 1.807) is 0 Å². The quantitative estimate of drug-likeness (QED) is 0.809. The lowest BCUT2D eigenvalue weighted by Crippen LogP contribution is -2.38. The van der Waals surface area contributed by atoms with E-state index in [1.807, 2.05) is 6.07 Å². The van der Waals surface area contributed by atoms with Crippen molar-refractivity contribution in [3.8, 4) is 0 Å². The van der Waals surface area contributed by atoms with Crippen LogP contribution in [0.2, 0.25) is 0 Å². The maximum Gasteiger partial charge on any atom is 0.132 e. The molecule has 0 radical (unpaired) electrons. The molecule has 1 unspecified atom stereocenters. The standard InChI is InChI=1S/C16H29N5/c1-4-14-19-15(17-5-2)11-16(20-14)18-13(3)12-21-9-7-6-8-10-21/h11,13H,4-10,12H2,1-3H3,(H2,17,18,19,20). The average Bonchev–Trinajstić information content (AvgIpc) is 2.48. The molecule has 5 nitrogen and oxygen atoms in total. The van der Waals surface area contributed by atoms with Gasteiger partial charge in [-0.2, -0.15) is 0 Å².